The van der Waals surface area contributed by atoms with Gasteiger partial charge in [0.15, 0.2) is 0 Å². The van der Waals surface area contributed by atoms with Crippen LogP contribution in [0.15, 0.2) is 67.1 Å². The van der Waals surface area contributed by atoms with Gasteiger partial charge in [0.05, 0.1) is 18.0 Å². The molecule has 0 unspecified atom stereocenters. The van der Waals surface area contributed by atoms with E-state index in [-0.39, 0.29) is 24.2 Å². The van der Waals surface area contributed by atoms with Crippen molar-refractivity contribution in [1.29, 1.82) is 5.26 Å². The molecule has 2 heterocycles. The van der Waals surface area contributed by atoms with E-state index >= 15 is 0 Å². The minimum atomic E-state index is 0. The zero-order valence-electron chi connectivity index (χ0n) is 17.6. The molecule has 1 aliphatic rings. The Balaban J connectivity index is 0.00000272. The molecule has 6 heteroatoms. The SMILES string of the molecule is C[C@H]1C(=O)N(c2ccccc2)CC[C@@H]1CCc1cncn1Cc1ccc(C#N)cc1.Cl. The van der Waals surface area contributed by atoms with E-state index in [4.69, 9.17) is 5.26 Å². The highest BCUT2D eigenvalue weighted by Crippen LogP contribution is 2.31. The summed E-state index contributed by atoms with van der Waals surface area (Å²) in [5.74, 6) is 0.633. The zero-order valence-corrected chi connectivity index (χ0v) is 18.5. The molecule has 160 valence electrons. The molecule has 4 rings (SSSR count). The van der Waals surface area contributed by atoms with Crippen molar-refractivity contribution in [2.75, 3.05) is 11.4 Å². The van der Waals surface area contributed by atoms with E-state index in [0.717, 1.165) is 43.6 Å². The minimum absolute atomic E-state index is 0. The first kappa shape index (κ1) is 22.6. The molecule has 0 saturated carbocycles. The number of anilines is 1. The summed E-state index contributed by atoms with van der Waals surface area (Å²) in [6.07, 6.45) is 6.69. The predicted octanol–water partition coefficient (Wildman–Crippen LogP) is 4.85. The third kappa shape index (κ3) is 5.15. The summed E-state index contributed by atoms with van der Waals surface area (Å²) in [5.41, 5.74) is 4.00. The number of piperidine rings is 1. The lowest BCUT2D eigenvalue weighted by Crippen LogP contribution is -2.44. The molecule has 1 aromatic heterocycles. The van der Waals surface area contributed by atoms with Crippen molar-refractivity contribution in [2.24, 2.45) is 11.8 Å². The fourth-order valence-corrected chi connectivity index (χ4v) is 4.27. The van der Waals surface area contributed by atoms with E-state index in [1.54, 1.807) is 0 Å². The summed E-state index contributed by atoms with van der Waals surface area (Å²) >= 11 is 0. The van der Waals surface area contributed by atoms with E-state index in [0.29, 0.717) is 11.5 Å². The molecule has 2 aromatic carbocycles. The van der Waals surface area contributed by atoms with Crippen molar-refractivity contribution >= 4 is 24.0 Å². The summed E-state index contributed by atoms with van der Waals surface area (Å²) in [5, 5.41) is 8.95. The van der Waals surface area contributed by atoms with E-state index in [1.807, 2.05) is 72.0 Å². The molecule has 1 fully saturated rings. The molecule has 31 heavy (non-hydrogen) atoms. The maximum absolute atomic E-state index is 12.9. The molecule has 3 aromatic rings. The number of nitriles is 1. The third-order valence-corrected chi connectivity index (χ3v) is 6.16. The van der Waals surface area contributed by atoms with Gasteiger partial charge >= 0.3 is 0 Å². The van der Waals surface area contributed by atoms with Gasteiger partial charge < -0.3 is 9.47 Å². The van der Waals surface area contributed by atoms with Gasteiger partial charge in [-0.05, 0) is 55.0 Å². The summed E-state index contributed by atoms with van der Waals surface area (Å²) < 4.78 is 2.16. The van der Waals surface area contributed by atoms with Crippen LogP contribution < -0.4 is 4.90 Å². The summed E-state index contributed by atoms with van der Waals surface area (Å²) in [6.45, 7) is 3.58. The molecule has 0 radical (unpaired) electrons. The summed E-state index contributed by atoms with van der Waals surface area (Å²) in [4.78, 5) is 19.2. The predicted molar refractivity (Wildman–Crippen MR) is 124 cm³/mol. The van der Waals surface area contributed by atoms with Crippen LogP contribution in [-0.2, 0) is 17.8 Å². The average Bonchev–Trinajstić information content (AvgIpc) is 3.23. The largest absolute Gasteiger partial charge is 0.330 e. The Kier molecular flexibility index (Phi) is 7.49. The van der Waals surface area contributed by atoms with E-state index in [1.165, 1.54) is 5.69 Å². The van der Waals surface area contributed by atoms with Gasteiger partial charge in [-0.2, -0.15) is 5.26 Å². The van der Waals surface area contributed by atoms with Crippen LogP contribution in [0.4, 0.5) is 5.69 Å². The molecular weight excluding hydrogens is 408 g/mol. The van der Waals surface area contributed by atoms with Crippen LogP contribution in [0.25, 0.3) is 0 Å². The van der Waals surface area contributed by atoms with E-state index in [9.17, 15) is 4.79 Å². The smallest absolute Gasteiger partial charge is 0.230 e. The molecule has 0 bridgehead atoms. The van der Waals surface area contributed by atoms with Gasteiger partial charge in [0.2, 0.25) is 5.91 Å². The monoisotopic (exact) mass is 434 g/mol. The van der Waals surface area contributed by atoms with Crippen molar-refractivity contribution in [3.05, 3.63) is 83.9 Å². The Morgan fingerprint density at radius 3 is 2.58 bits per heavy atom. The van der Waals surface area contributed by atoms with Gasteiger partial charge in [0.1, 0.15) is 0 Å². The van der Waals surface area contributed by atoms with Crippen LogP contribution >= 0.6 is 12.4 Å². The number of nitrogens with zero attached hydrogens (tertiary/aromatic N) is 4. The number of amides is 1. The number of imidazole rings is 1. The number of benzene rings is 2. The maximum Gasteiger partial charge on any atom is 0.230 e. The first-order valence-electron chi connectivity index (χ1n) is 10.5. The zero-order chi connectivity index (χ0) is 20.9. The fraction of sp³-hybridized carbons (Fsp3) is 0.320. The number of hydrogen-bond donors (Lipinski definition) is 0. The van der Waals surface area contributed by atoms with Crippen molar-refractivity contribution in [3.63, 3.8) is 0 Å². The normalized spacial score (nSPS) is 18.3. The lowest BCUT2D eigenvalue weighted by molar-refractivity contribution is -0.125. The summed E-state index contributed by atoms with van der Waals surface area (Å²) in [7, 11) is 0. The number of carbonyl (C=O) groups excluding carboxylic acids is 1. The van der Waals surface area contributed by atoms with Crippen LogP contribution in [0.1, 0.15) is 36.6 Å². The molecule has 0 aliphatic carbocycles. The van der Waals surface area contributed by atoms with Crippen LogP contribution in [-0.4, -0.2) is 22.0 Å². The van der Waals surface area contributed by atoms with Crippen molar-refractivity contribution < 1.29 is 4.79 Å². The quantitative estimate of drug-likeness (QED) is 0.557. The first-order valence-corrected chi connectivity index (χ1v) is 10.5. The maximum atomic E-state index is 12.9. The Morgan fingerprint density at radius 1 is 1.13 bits per heavy atom. The fourth-order valence-electron chi connectivity index (χ4n) is 4.27. The molecule has 5 nitrogen and oxygen atoms in total. The van der Waals surface area contributed by atoms with E-state index < -0.39 is 0 Å². The second-order valence-electron chi connectivity index (χ2n) is 8.02. The van der Waals surface area contributed by atoms with Crippen LogP contribution in [0.5, 0.6) is 0 Å². The number of rotatable bonds is 6. The number of aromatic nitrogens is 2. The standard InChI is InChI=1S/C25H26N4O.ClH/c1-19-22(13-14-29(25(19)30)23-5-3-2-4-6-23)11-12-24-16-27-18-28(24)17-21-9-7-20(15-26)8-10-21;/h2-10,16,18-19,22H,11-14,17H2,1H3;1H/t19-,22+;/m1./s1. The Labute approximate surface area is 189 Å². The first-order chi connectivity index (χ1) is 14.7. The number of para-hydroxylation sites is 1. The van der Waals surface area contributed by atoms with Crippen LogP contribution in [0, 0.1) is 23.2 Å². The van der Waals surface area contributed by atoms with Gasteiger partial charge in [0, 0.05) is 36.6 Å². The molecule has 1 aliphatic heterocycles. The minimum Gasteiger partial charge on any atom is -0.330 e. The van der Waals surface area contributed by atoms with Crippen LogP contribution in [0.2, 0.25) is 0 Å². The summed E-state index contributed by atoms with van der Waals surface area (Å²) in [6, 6.07) is 19.8. The Bertz CT molecular complexity index is 1040. The topological polar surface area (TPSA) is 61.9 Å². The molecular formula is C25H27ClN4O. The van der Waals surface area contributed by atoms with Crippen LogP contribution in [0.3, 0.4) is 0 Å². The second kappa shape index (κ2) is 10.3. The highest BCUT2D eigenvalue weighted by molar-refractivity contribution is 5.95. The van der Waals surface area contributed by atoms with Crippen molar-refractivity contribution in [3.8, 4) is 6.07 Å². The molecule has 2 atom stereocenters. The molecule has 1 saturated heterocycles. The second-order valence-corrected chi connectivity index (χ2v) is 8.02. The average molecular weight is 435 g/mol. The molecule has 0 N–H and O–H groups in total. The van der Waals surface area contributed by atoms with Gasteiger partial charge in [-0.25, -0.2) is 4.98 Å². The lowest BCUT2D eigenvalue weighted by atomic mass is 9.82. The lowest BCUT2D eigenvalue weighted by Gasteiger charge is -2.36. The van der Waals surface area contributed by atoms with Crippen molar-refractivity contribution in [1.82, 2.24) is 9.55 Å². The number of halogens is 1. The van der Waals surface area contributed by atoms with Crippen molar-refractivity contribution in [2.45, 2.75) is 32.7 Å². The Hall–Kier alpha value is -3.10. The van der Waals surface area contributed by atoms with Gasteiger partial charge in [-0.15, -0.1) is 12.4 Å². The third-order valence-electron chi connectivity index (χ3n) is 6.16. The number of aryl methyl sites for hydroxylation is 1. The number of carbonyl (C=O) groups is 1. The number of hydrogen-bond acceptors (Lipinski definition) is 3. The van der Waals surface area contributed by atoms with Gasteiger partial charge in [0.25, 0.3) is 0 Å². The van der Waals surface area contributed by atoms with E-state index in [2.05, 4.69) is 22.5 Å². The molecule has 1 amide bonds. The highest BCUT2D eigenvalue weighted by atomic mass is 35.5. The molecule has 0 spiro atoms. The van der Waals surface area contributed by atoms with Gasteiger partial charge in [-0.3, -0.25) is 4.79 Å². The van der Waals surface area contributed by atoms with Gasteiger partial charge in [-0.1, -0.05) is 37.3 Å². The Morgan fingerprint density at radius 2 is 1.87 bits per heavy atom. The highest BCUT2D eigenvalue weighted by Gasteiger charge is 2.33.